The largest absolute Gasteiger partial charge is 0.308 e. The number of hydrogen-bond donors (Lipinski definition) is 0. The van der Waals surface area contributed by atoms with Gasteiger partial charge in [-0.05, 0) is 96.6 Å². The molecule has 0 amide bonds. The van der Waals surface area contributed by atoms with Crippen LogP contribution >= 0.6 is 0 Å². The molecule has 9 aromatic rings. The molecule has 0 spiro atoms. The number of fused-ring (bicyclic) bond motifs is 3. The summed E-state index contributed by atoms with van der Waals surface area (Å²) < 4.78 is 35.4. The topological polar surface area (TPSA) is 3.24 Å². The molecule has 0 aliphatic heterocycles. The lowest BCUT2D eigenvalue weighted by Crippen LogP contribution is -2.75. The fourth-order valence-electron chi connectivity index (χ4n) is 9.61. The van der Waals surface area contributed by atoms with E-state index in [9.17, 15) is 0 Å². The fourth-order valence-corrected chi connectivity index (χ4v) is 14.4. The second-order valence-corrected chi connectivity index (χ2v) is 18.8. The van der Waals surface area contributed by atoms with Crippen molar-refractivity contribution in [1.82, 2.24) is 0 Å². The van der Waals surface area contributed by atoms with Gasteiger partial charge in [-0.25, -0.2) is 8.78 Å². The first-order chi connectivity index (χ1) is 29.1. The summed E-state index contributed by atoms with van der Waals surface area (Å²) in [6.45, 7) is 0. The monoisotopic (exact) mass is 779 g/mol. The highest BCUT2D eigenvalue weighted by Gasteiger charge is 2.48. The van der Waals surface area contributed by atoms with E-state index < -0.39 is 13.5 Å². The summed E-state index contributed by atoms with van der Waals surface area (Å²) >= 11 is 0. The van der Waals surface area contributed by atoms with E-state index in [4.69, 9.17) is 0 Å². The lowest BCUT2D eigenvalue weighted by molar-refractivity contribution is 0.617. The molecule has 0 saturated heterocycles. The van der Waals surface area contributed by atoms with Gasteiger partial charge in [0, 0.05) is 11.4 Å². The summed E-state index contributed by atoms with van der Waals surface area (Å²) in [4.78, 5) is 1.94. The maximum Gasteiger partial charge on any atom is 0.182 e. The van der Waals surface area contributed by atoms with Crippen LogP contribution in [0.15, 0.2) is 237 Å². The number of halogens is 2. The Hall–Kier alpha value is -7.14. The van der Waals surface area contributed by atoms with Crippen molar-refractivity contribution < 1.29 is 8.78 Å². The highest BCUT2D eigenvalue weighted by atomic mass is 28.3. The molecule has 0 heterocycles. The third-order valence-corrected chi connectivity index (χ3v) is 16.8. The zero-order chi connectivity index (χ0) is 39.8. The summed E-state index contributed by atoms with van der Waals surface area (Å²) in [5, 5.41) is 3.94. The second kappa shape index (κ2) is 15.0. The molecule has 0 bridgehead atoms. The molecule has 0 fully saturated rings. The Labute approximate surface area is 345 Å². The highest BCUT2D eigenvalue weighted by molar-refractivity contribution is 7.19. The van der Waals surface area contributed by atoms with Crippen LogP contribution < -0.4 is 25.6 Å². The van der Waals surface area contributed by atoms with Gasteiger partial charge in [0.25, 0.3) is 0 Å². The van der Waals surface area contributed by atoms with Gasteiger partial charge in [-0.2, -0.15) is 0 Å². The number of rotatable bonds is 9. The van der Waals surface area contributed by atoms with Gasteiger partial charge in [0.15, 0.2) is 8.07 Å². The number of para-hydroxylation sites is 2. The number of benzene rings is 9. The quantitative estimate of drug-likeness (QED) is 0.104. The van der Waals surface area contributed by atoms with E-state index in [1.165, 1.54) is 0 Å². The Morgan fingerprint density at radius 1 is 0.356 bits per heavy atom. The average Bonchev–Trinajstić information content (AvgIpc) is 3.61. The van der Waals surface area contributed by atoms with Crippen LogP contribution in [-0.4, -0.2) is 8.07 Å². The zero-order valence-electron chi connectivity index (χ0n) is 32.2. The second-order valence-electron chi connectivity index (χ2n) is 15.1. The van der Waals surface area contributed by atoms with Crippen molar-refractivity contribution in [3.05, 3.63) is 270 Å². The van der Waals surface area contributed by atoms with Crippen molar-refractivity contribution in [3.63, 3.8) is 0 Å². The standard InChI is InChI=1S/C55H39F2NSi/c56-51-38-40(34-36-53(51)58(42-20-6-1-7-21-42)43-22-8-2-9-23-43)55(49-32-18-16-30-47(49)48-31-17-19-33-50(48)55)41-35-37-54(52(57)39-41)59(44-24-10-3-11-25-44,45-26-12-4-13-27-45)46-28-14-5-15-29-46/h1-39H. The van der Waals surface area contributed by atoms with Crippen molar-refractivity contribution >= 4 is 45.9 Å². The molecule has 1 aliphatic rings. The van der Waals surface area contributed by atoms with Gasteiger partial charge >= 0.3 is 0 Å². The van der Waals surface area contributed by atoms with Crippen LogP contribution in [0.4, 0.5) is 25.8 Å². The highest BCUT2D eigenvalue weighted by Crippen LogP contribution is 2.56. The summed E-state index contributed by atoms with van der Waals surface area (Å²) in [6, 6.07) is 78.9. The van der Waals surface area contributed by atoms with E-state index >= 15 is 8.78 Å². The molecule has 0 aromatic heterocycles. The third-order valence-electron chi connectivity index (χ3n) is 12.0. The molecule has 0 unspecified atom stereocenters. The fraction of sp³-hybridized carbons (Fsp3) is 0.0182. The maximum absolute atomic E-state index is 18.1. The van der Waals surface area contributed by atoms with Gasteiger partial charge in [-0.3, -0.25) is 0 Å². The first-order valence-electron chi connectivity index (χ1n) is 20.0. The van der Waals surface area contributed by atoms with Gasteiger partial charge < -0.3 is 4.90 Å². The van der Waals surface area contributed by atoms with Crippen molar-refractivity contribution in [2.45, 2.75) is 5.41 Å². The van der Waals surface area contributed by atoms with E-state index in [2.05, 4.69) is 66.7 Å². The Kier molecular flexibility index (Phi) is 9.20. The van der Waals surface area contributed by atoms with E-state index in [1.807, 2.05) is 163 Å². The molecular formula is C55H39F2NSi. The molecule has 1 aliphatic carbocycles. The predicted octanol–water partition coefficient (Wildman–Crippen LogP) is 11.2. The SMILES string of the molecule is Fc1cc(C2(c3ccc([Si](c4ccccc4)(c4ccccc4)c4ccccc4)c(F)c3)c3ccccc3-c3ccccc32)ccc1N(c1ccccc1)c1ccccc1. The van der Waals surface area contributed by atoms with Crippen LogP contribution in [-0.2, 0) is 5.41 Å². The molecular weight excluding hydrogens is 741 g/mol. The van der Waals surface area contributed by atoms with Gasteiger partial charge in [0.1, 0.15) is 11.6 Å². The smallest absolute Gasteiger partial charge is 0.182 e. The van der Waals surface area contributed by atoms with Crippen molar-refractivity contribution in [2.24, 2.45) is 0 Å². The summed E-state index contributed by atoms with van der Waals surface area (Å²) in [7, 11) is -3.19. The molecule has 0 radical (unpaired) electrons. The number of anilines is 3. The predicted molar refractivity (Wildman–Crippen MR) is 242 cm³/mol. The van der Waals surface area contributed by atoms with Gasteiger partial charge in [0.05, 0.1) is 11.1 Å². The molecule has 59 heavy (non-hydrogen) atoms. The van der Waals surface area contributed by atoms with Crippen LogP contribution in [0.1, 0.15) is 22.3 Å². The Balaban J connectivity index is 1.23. The minimum Gasteiger partial charge on any atom is -0.308 e. The van der Waals surface area contributed by atoms with Gasteiger partial charge in [0.2, 0.25) is 0 Å². The lowest BCUT2D eigenvalue weighted by Gasteiger charge is -2.37. The van der Waals surface area contributed by atoms with Crippen LogP contribution in [0.25, 0.3) is 11.1 Å². The zero-order valence-corrected chi connectivity index (χ0v) is 33.2. The minimum absolute atomic E-state index is 0.289. The summed E-state index contributed by atoms with van der Waals surface area (Å²) in [5.41, 5.74) is 6.63. The maximum atomic E-state index is 18.1. The van der Waals surface area contributed by atoms with Crippen LogP contribution in [0.3, 0.4) is 0 Å². The molecule has 4 heteroatoms. The molecule has 1 nitrogen and oxygen atoms in total. The Morgan fingerprint density at radius 2 is 0.729 bits per heavy atom. The van der Waals surface area contributed by atoms with E-state index in [0.717, 1.165) is 60.3 Å². The molecule has 282 valence electrons. The minimum atomic E-state index is -3.19. The van der Waals surface area contributed by atoms with E-state index in [1.54, 1.807) is 12.1 Å². The normalized spacial score (nSPS) is 12.7. The van der Waals surface area contributed by atoms with Crippen molar-refractivity contribution in [3.8, 4) is 11.1 Å². The first-order valence-corrected chi connectivity index (χ1v) is 22.0. The molecule has 0 N–H and O–H groups in total. The number of hydrogen-bond acceptors (Lipinski definition) is 1. The molecule has 9 aromatic carbocycles. The van der Waals surface area contributed by atoms with Crippen molar-refractivity contribution in [1.29, 1.82) is 0 Å². The molecule has 0 atom stereocenters. The Bertz CT molecular complexity index is 2720. The van der Waals surface area contributed by atoms with Crippen LogP contribution in [0.5, 0.6) is 0 Å². The molecule has 0 saturated carbocycles. The summed E-state index contributed by atoms with van der Waals surface area (Å²) in [5.74, 6) is -0.666. The van der Waals surface area contributed by atoms with Crippen molar-refractivity contribution in [2.75, 3.05) is 4.90 Å². The van der Waals surface area contributed by atoms with Crippen LogP contribution in [0, 0.1) is 11.6 Å². The Morgan fingerprint density at radius 3 is 1.15 bits per heavy atom. The van der Waals surface area contributed by atoms with Gasteiger partial charge in [-0.1, -0.05) is 194 Å². The van der Waals surface area contributed by atoms with E-state index in [-0.39, 0.29) is 11.6 Å². The van der Waals surface area contributed by atoms with E-state index in [0.29, 0.717) is 10.9 Å². The lowest BCUT2D eigenvalue weighted by atomic mass is 9.67. The van der Waals surface area contributed by atoms with Crippen LogP contribution in [0.2, 0.25) is 0 Å². The van der Waals surface area contributed by atoms with Gasteiger partial charge in [-0.15, -0.1) is 0 Å². The molecule has 10 rings (SSSR count). The average molecular weight is 780 g/mol. The number of nitrogens with zero attached hydrogens (tertiary/aromatic N) is 1. The third kappa shape index (κ3) is 5.79. The summed E-state index contributed by atoms with van der Waals surface area (Å²) in [6.07, 6.45) is 0. The first kappa shape index (κ1) is 36.2.